The highest BCUT2D eigenvalue weighted by Crippen LogP contribution is 2.41. The summed E-state index contributed by atoms with van der Waals surface area (Å²) < 4.78 is 1.99. The average molecular weight is 314 g/mol. The molecular weight excluding hydrogens is 288 g/mol. The van der Waals surface area contributed by atoms with Crippen LogP contribution in [0, 0.1) is 26.7 Å². The molecule has 0 spiro atoms. The number of aromatic nitrogens is 3. The zero-order valence-electron chi connectivity index (χ0n) is 14.3. The summed E-state index contributed by atoms with van der Waals surface area (Å²) in [6.45, 7) is 7.99. The lowest BCUT2D eigenvalue weighted by molar-refractivity contribution is -0.0614. The van der Waals surface area contributed by atoms with Crippen molar-refractivity contribution in [3.05, 3.63) is 23.0 Å². The fourth-order valence-electron chi connectivity index (χ4n) is 4.34. The van der Waals surface area contributed by atoms with Gasteiger partial charge in [-0.2, -0.15) is 9.61 Å². The Balaban J connectivity index is 1.74. The molecule has 2 aromatic heterocycles. The van der Waals surface area contributed by atoms with E-state index in [9.17, 15) is 5.11 Å². The smallest absolute Gasteiger partial charge is 0.160 e. The lowest BCUT2D eigenvalue weighted by atomic mass is 9.71. The fraction of sp³-hybridized carbons (Fsp3) is 0.667. The maximum Gasteiger partial charge on any atom is 0.160 e. The molecule has 1 aliphatic carbocycles. The third-order valence-corrected chi connectivity index (χ3v) is 5.92. The highest BCUT2D eigenvalue weighted by atomic mass is 16.3. The van der Waals surface area contributed by atoms with Gasteiger partial charge in [0.15, 0.2) is 5.65 Å². The molecule has 0 radical (unpaired) electrons. The normalized spacial score (nSPS) is 28.2. The molecule has 0 aromatic carbocycles. The minimum atomic E-state index is -0.439. The van der Waals surface area contributed by atoms with Crippen molar-refractivity contribution >= 4 is 11.5 Å². The molecule has 3 heterocycles. The predicted octanol–water partition coefficient (Wildman–Crippen LogP) is 2.79. The second-order valence-corrected chi connectivity index (χ2v) is 7.44. The zero-order valence-corrected chi connectivity index (χ0v) is 14.3. The molecule has 1 aliphatic heterocycles. The summed E-state index contributed by atoms with van der Waals surface area (Å²) in [6, 6.07) is 2.13. The van der Waals surface area contributed by atoms with Crippen LogP contribution in [0.25, 0.3) is 5.65 Å². The maximum absolute atomic E-state index is 10.9. The first-order valence-electron chi connectivity index (χ1n) is 8.79. The molecule has 1 saturated heterocycles. The van der Waals surface area contributed by atoms with Crippen molar-refractivity contribution in [2.75, 3.05) is 18.0 Å². The van der Waals surface area contributed by atoms with Crippen LogP contribution in [0.4, 0.5) is 5.82 Å². The van der Waals surface area contributed by atoms with Crippen LogP contribution in [0.15, 0.2) is 6.07 Å². The van der Waals surface area contributed by atoms with Gasteiger partial charge in [-0.3, -0.25) is 0 Å². The van der Waals surface area contributed by atoms with Gasteiger partial charge in [0.25, 0.3) is 0 Å². The molecule has 1 N–H and O–H groups in total. The summed E-state index contributed by atoms with van der Waals surface area (Å²) in [5.41, 5.74) is 3.74. The van der Waals surface area contributed by atoms with Gasteiger partial charge in [0.05, 0.1) is 11.3 Å². The van der Waals surface area contributed by atoms with E-state index in [0.29, 0.717) is 5.92 Å². The third kappa shape index (κ3) is 2.33. The van der Waals surface area contributed by atoms with E-state index in [1.807, 2.05) is 18.4 Å². The van der Waals surface area contributed by atoms with Crippen LogP contribution in [0.5, 0.6) is 0 Å². The molecule has 124 valence electrons. The fourth-order valence-corrected chi connectivity index (χ4v) is 4.34. The quantitative estimate of drug-likeness (QED) is 0.879. The standard InChI is InChI=1S/C18H26N4O/c1-12-10-16(22-17(19-12)13(2)14(3)20-22)21-9-8-18(23)7-5-4-6-15(18)11-21/h10,15,23H,4-9,11H2,1-3H3. The summed E-state index contributed by atoms with van der Waals surface area (Å²) in [5, 5.41) is 15.6. The second kappa shape index (κ2) is 5.20. The first-order valence-corrected chi connectivity index (χ1v) is 8.79. The first kappa shape index (κ1) is 14.9. The van der Waals surface area contributed by atoms with Crippen LogP contribution < -0.4 is 4.90 Å². The molecule has 0 bridgehead atoms. The van der Waals surface area contributed by atoms with E-state index in [4.69, 9.17) is 5.10 Å². The lowest BCUT2D eigenvalue weighted by Crippen LogP contribution is -2.53. The summed E-state index contributed by atoms with van der Waals surface area (Å²) >= 11 is 0. The van der Waals surface area contributed by atoms with Crippen LogP contribution in [0.3, 0.4) is 0 Å². The molecular formula is C18H26N4O. The molecule has 1 saturated carbocycles. The number of aliphatic hydroxyl groups is 1. The van der Waals surface area contributed by atoms with Gasteiger partial charge in [-0.05, 0) is 40.0 Å². The van der Waals surface area contributed by atoms with Crippen LogP contribution >= 0.6 is 0 Å². The number of nitrogens with zero attached hydrogens (tertiary/aromatic N) is 4. The Morgan fingerprint density at radius 1 is 1.22 bits per heavy atom. The van der Waals surface area contributed by atoms with Crippen molar-refractivity contribution in [3.63, 3.8) is 0 Å². The number of fused-ring (bicyclic) bond motifs is 2. The van der Waals surface area contributed by atoms with Crippen molar-refractivity contribution in [1.82, 2.24) is 14.6 Å². The van der Waals surface area contributed by atoms with E-state index in [2.05, 4.69) is 22.9 Å². The van der Waals surface area contributed by atoms with Crippen molar-refractivity contribution in [2.45, 2.75) is 58.5 Å². The summed E-state index contributed by atoms with van der Waals surface area (Å²) in [4.78, 5) is 7.07. The molecule has 0 amide bonds. The molecule has 5 nitrogen and oxygen atoms in total. The van der Waals surface area contributed by atoms with Crippen LogP contribution in [0.2, 0.25) is 0 Å². The topological polar surface area (TPSA) is 53.7 Å². The highest BCUT2D eigenvalue weighted by Gasteiger charge is 2.43. The maximum atomic E-state index is 10.9. The van der Waals surface area contributed by atoms with Gasteiger partial charge < -0.3 is 10.0 Å². The van der Waals surface area contributed by atoms with Gasteiger partial charge >= 0.3 is 0 Å². The van der Waals surface area contributed by atoms with Gasteiger partial charge in [0.1, 0.15) is 5.82 Å². The Hall–Kier alpha value is -1.62. The van der Waals surface area contributed by atoms with Crippen molar-refractivity contribution in [2.24, 2.45) is 5.92 Å². The molecule has 2 fully saturated rings. The summed E-state index contributed by atoms with van der Waals surface area (Å²) in [7, 11) is 0. The number of anilines is 1. The van der Waals surface area contributed by atoms with Crippen molar-refractivity contribution < 1.29 is 5.11 Å². The number of piperidine rings is 1. The van der Waals surface area contributed by atoms with Gasteiger partial charge in [0.2, 0.25) is 0 Å². The van der Waals surface area contributed by atoms with Crippen molar-refractivity contribution in [3.8, 4) is 0 Å². The third-order valence-electron chi connectivity index (χ3n) is 5.92. The summed E-state index contributed by atoms with van der Waals surface area (Å²) in [6.07, 6.45) is 5.38. The number of hydrogen-bond acceptors (Lipinski definition) is 4. The molecule has 23 heavy (non-hydrogen) atoms. The molecule has 5 heteroatoms. The number of hydrogen-bond donors (Lipinski definition) is 1. The Morgan fingerprint density at radius 2 is 2.04 bits per heavy atom. The van der Waals surface area contributed by atoms with Crippen LogP contribution in [0.1, 0.15) is 49.1 Å². The van der Waals surface area contributed by atoms with Crippen LogP contribution in [-0.4, -0.2) is 38.4 Å². The van der Waals surface area contributed by atoms with E-state index < -0.39 is 5.60 Å². The molecule has 4 rings (SSSR count). The van der Waals surface area contributed by atoms with Gasteiger partial charge in [-0.1, -0.05) is 12.8 Å². The Labute approximate surface area is 137 Å². The zero-order chi connectivity index (χ0) is 16.2. The minimum Gasteiger partial charge on any atom is -0.389 e. The predicted molar refractivity (Wildman–Crippen MR) is 90.9 cm³/mol. The van der Waals surface area contributed by atoms with E-state index in [1.54, 1.807) is 0 Å². The van der Waals surface area contributed by atoms with Crippen LogP contribution in [-0.2, 0) is 0 Å². The van der Waals surface area contributed by atoms with Crippen molar-refractivity contribution in [1.29, 1.82) is 0 Å². The molecule has 2 aliphatic rings. The first-order chi connectivity index (χ1) is 11.0. The van der Waals surface area contributed by atoms with Gasteiger partial charge in [-0.25, -0.2) is 4.98 Å². The Morgan fingerprint density at radius 3 is 2.87 bits per heavy atom. The largest absolute Gasteiger partial charge is 0.389 e. The van der Waals surface area contributed by atoms with Gasteiger partial charge in [0, 0.05) is 36.3 Å². The highest BCUT2D eigenvalue weighted by molar-refractivity contribution is 5.57. The average Bonchev–Trinajstić information content (AvgIpc) is 2.81. The van der Waals surface area contributed by atoms with E-state index >= 15 is 0 Å². The lowest BCUT2D eigenvalue weighted by Gasteiger charge is -2.48. The Kier molecular flexibility index (Phi) is 3.38. The van der Waals surface area contributed by atoms with E-state index in [-0.39, 0.29) is 0 Å². The number of aryl methyl sites for hydroxylation is 3. The SMILES string of the molecule is Cc1cc(N2CCC3(O)CCCCC3C2)n2nc(C)c(C)c2n1. The number of rotatable bonds is 1. The monoisotopic (exact) mass is 314 g/mol. The molecule has 2 atom stereocenters. The minimum absolute atomic E-state index is 0.381. The second-order valence-electron chi connectivity index (χ2n) is 7.44. The Bertz CT molecular complexity index is 753. The molecule has 2 aromatic rings. The van der Waals surface area contributed by atoms with E-state index in [0.717, 1.165) is 60.8 Å². The molecule has 2 unspecified atom stereocenters. The van der Waals surface area contributed by atoms with E-state index in [1.165, 1.54) is 12.8 Å². The summed E-state index contributed by atoms with van der Waals surface area (Å²) in [5.74, 6) is 1.50. The van der Waals surface area contributed by atoms with Gasteiger partial charge in [-0.15, -0.1) is 0 Å².